The van der Waals surface area contributed by atoms with Crippen LogP contribution in [0.15, 0.2) is 60.7 Å². The van der Waals surface area contributed by atoms with Gasteiger partial charge in [0.1, 0.15) is 30.1 Å². The maximum atomic E-state index is 11.0. The number of rotatable bonds is 15. The van der Waals surface area contributed by atoms with E-state index in [-0.39, 0.29) is 12.0 Å². The minimum atomic E-state index is -0.847. The van der Waals surface area contributed by atoms with Gasteiger partial charge in [0.05, 0.1) is 24.6 Å². The topological polar surface area (TPSA) is 183 Å². The third-order valence-corrected chi connectivity index (χ3v) is 9.97. The minimum absolute atomic E-state index is 0.237. The van der Waals surface area contributed by atoms with E-state index in [2.05, 4.69) is 50.8 Å². The number of aliphatic hydroxyl groups excluding tert-OH is 2. The lowest BCUT2D eigenvalue weighted by atomic mass is 9.99. The molecule has 2 aliphatic carbocycles. The van der Waals surface area contributed by atoms with Crippen molar-refractivity contribution >= 4 is 29.1 Å². The third-order valence-electron chi connectivity index (χ3n) is 9.97. The van der Waals surface area contributed by atoms with Gasteiger partial charge in [-0.2, -0.15) is 19.9 Å². The Morgan fingerprint density at radius 1 is 0.722 bits per heavy atom. The molecule has 2 aromatic heterocycles. The van der Waals surface area contributed by atoms with Crippen molar-refractivity contribution in [2.75, 3.05) is 37.8 Å². The normalized spacial score (nSPS) is 15.7. The number of carbonyl (C=O) groups is 1. The highest BCUT2D eigenvalue weighted by molar-refractivity contribution is 5.79. The third kappa shape index (κ3) is 9.12. The number of nitrogens with two attached hydrogens (primary N) is 2. The summed E-state index contributed by atoms with van der Waals surface area (Å²) in [5, 5.41) is 21.7. The summed E-state index contributed by atoms with van der Waals surface area (Å²) in [5.41, 5.74) is 20.0. The number of hydrogen-bond acceptors (Lipinski definition) is 12. The van der Waals surface area contributed by atoms with Crippen molar-refractivity contribution in [3.8, 4) is 12.0 Å². The molecule has 0 spiro atoms. The molecule has 284 valence electrons. The Labute approximate surface area is 317 Å². The van der Waals surface area contributed by atoms with Crippen molar-refractivity contribution in [2.24, 2.45) is 0 Å². The molecular weight excluding hydrogens is 683 g/mol. The van der Waals surface area contributed by atoms with Crippen LogP contribution in [-0.2, 0) is 19.4 Å². The van der Waals surface area contributed by atoms with Gasteiger partial charge >= 0.3 is 12.0 Å². The van der Waals surface area contributed by atoms with Crippen LogP contribution in [0.25, 0.3) is 11.1 Å². The number of aldehydes is 1. The maximum Gasteiger partial charge on any atom is 0.318 e. The number of ether oxygens (including phenoxy) is 2. The first-order chi connectivity index (χ1) is 26.3. The van der Waals surface area contributed by atoms with Crippen molar-refractivity contribution < 1.29 is 24.5 Å². The Kier molecular flexibility index (Phi) is 13.0. The van der Waals surface area contributed by atoms with E-state index in [9.17, 15) is 15.0 Å². The molecule has 12 nitrogen and oxygen atoms in total. The zero-order chi connectivity index (χ0) is 38.0. The number of fused-ring (bicyclic) bond motifs is 2. The van der Waals surface area contributed by atoms with Crippen molar-refractivity contribution in [3.05, 3.63) is 105 Å². The van der Waals surface area contributed by atoms with Crippen LogP contribution >= 0.6 is 0 Å². The average Bonchev–Trinajstić information content (AvgIpc) is 3.96. The SMILES string of the molecule is CCCCOc1nc(N)c2c(n1)C(C(O)c1ccc(C=O)cc1)=CC2.CCCCOc1nc(N)c2c(n1)C(C(O)c1ccc(CN3CCCC3)cc1)=CC2. The fourth-order valence-electron chi connectivity index (χ4n) is 6.80. The lowest BCUT2D eigenvalue weighted by Gasteiger charge is -2.17. The van der Waals surface area contributed by atoms with Crippen LogP contribution in [-0.4, -0.2) is 67.6 Å². The van der Waals surface area contributed by atoms with Gasteiger partial charge < -0.3 is 31.2 Å². The number of aliphatic hydroxyl groups is 2. The predicted molar refractivity (Wildman–Crippen MR) is 210 cm³/mol. The summed E-state index contributed by atoms with van der Waals surface area (Å²) >= 11 is 0. The first-order valence-electron chi connectivity index (χ1n) is 19.0. The number of benzene rings is 2. The van der Waals surface area contributed by atoms with Crippen LogP contribution in [0.2, 0.25) is 0 Å². The quantitative estimate of drug-likeness (QED) is 0.0800. The number of hydrogen-bond donors (Lipinski definition) is 4. The first-order valence-corrected chi connectivity index (χ1v) is 19.0. The van der Waals surface area contributed by atoms with Crippen LogP contribution in [0.4, 0.5) is 11.6 Å². The second kappa shape index (κ2) is 18.2. The number of anilines is 2. The summed E-state index contributed by atoms with van der Waals surface area (Å²) in [5.74, 6) is 0.812. The van der Waals surface area contributed by atoms with E-state index in [0.29, 0.717) is 65.8 Å². The molecule has 1 saturated heterocycles. The number of allylic oxidation sites excluding steroid dienone is 2. The number of nitrogen functional groups attached to an aromatic ring is 2. The van der Waals surface area contributed by atoms with Gasteiger partial charge in [-0.25, -0.2) is 0 Å². The highest BCUT2D eigenvalue weighted by Gasteiger charge is 2.28. The zero-order valence-corrected chi connectivity index (χ0v) is 31.2. The molecule has 2 atom stereocenters. The van der Waals surface area contributed by atoms with Crippen LogP contribution in [0.5, 0.6) is 12.0 Å². The van der Waals surface area contributed by atoms with E-state index in [1.54, 1.807) is 24.3 Å². The highest BCUT2D eigenvalue weighted by Crippen LogP contribution is 2.39. The Hall–Kier alpha value is -5.17. The van der Waals surface area contributed by atoms with Crippen molar-refractivity contribution in [3.63, 3.8) is 0 Å². The molecule has 6 N–H and O–H groups in total. The summed E-state index contributed by atoms with van der Waals surface area (Å²) in [6.07, 6.45) is 10.8. The van der Waals surface area contributed by atoms with Gasteiger partial charge in [-0.1, -0.05) is 87.4 Å². The molecule has 2 aromatic carbocycles. The first kappa shape index (κ1) is 38.6. The fourth-order valence-corrected chi connectivity index (χ4v) is 6.80. The van der Waals surface area contributed by atoms with Gasteiger partial charge in [0.2, 0.25) is 0 Å². The molecule has 7 rings (SSSR count). The van der Waals surface area contributed by atoms with Gasteiger partial charge in [-0.3, -0.25) is 9.69 Å². The van der Waals surface area contributed by atoms with Gasteiger partial charge in [0.15, 0.2) is 0 Å². The second-order valence-corrected chi connectivity index (χ2v) is 13.9. The number of unbranched alkanes of at least 4 members (excludes halogenated alkanes) is 2. The molecule has 0 saturated carbocycles. The monoisotopic (exact) mass is 733 g/mol. The Balaban J connectivity index is 0.000000186. The average molecular weight is 734 g/mol. The van der Waals surface area contributed by atoms with Gasteiger partial charge in [-0.15, -0.1) is 0 Å². The van der Waals surface area contributed by atoms with E-state index >= 15 is 0 Å². The van der Waals surface area contributed by atoms with E-state index in [0.717, 1.165) is 60.8 Å². The summed E-state index contributed by atoms with van der Waals surface area (Å²) < 4.78 is 11.2. The molecule has 12 heteroatoms. The predicted octanol–water partition coefficient (Wildman–Crippen LogP) is 6.23. The maximum absolute atomic E-state index is 11.0. The molecule has 3 aliphatic rings. The van der Waals surface area contributed by atoms with Gasteiger partial charge in [0, 0.05) is 34.4 Å². The minimum Gasteiger partial charge on any atom is -0.463 e. The number of aromatic nitrogens is 4. The lowest BCUT2D eigenvalue weighted by Crippen LogP contribution is -2.18. The molecular formula is C42H51N7O5. The molecule has 1 fully saturated rings. The summed E-state index contributed by atoms with van der Waals surface area (Å²) in [6, 6.07) is 15.6. The largest absolute Gasteiger partial charge is 0.463 e. The standard InChI is InChI=1S/C23H30N4O2.C19H21N3O3/c1-2-3-14-29-23-25-20-18(10-11-19(20)22(24)26-23)21(28)17-8-6-16(7-9-17)15-27-12-4-5-13-27;1-2-3-10-25-19-21-16-14(8-9-15(16)18(20)22-19)17(24)13-6-4-12(11-23)5-7-13/h6-10,21,28H,2-5,11-15H2,1H3,(H2,24,25,26);4-8,11,17,24H,2-3,9-10H2,1H3,(H2,20,21,22). The van der Waals surface area contributed by atoms with E-state index in [1.807, 2.05) is 24.3 Å². The van der Waals surface area contributed by atoms with Crippen molar-refractivity contribution in [1.29, 1.82) is 0 Å². The van der Waals surface area contributed by atoms with Gasteiger partial charge in [0.25, 0.3) is 0 Å². The fraction of sp³-hybridized carbons (Fsp3) is 0.405. The van der Waals surface area contributed by atoms with Crippen LogP contribution in [0, 0.1) is 0 Å². The number of carbonyl (C=O) groups excluding carboxylic acids is 1. The molecule has 2 unspecified atom stereocenters. The Morgan fingerprint density at radius 2 is 1.19 bits per heavy atom. The summed E-state index contributed by atoms with van der Waals surface area (Å²) in [6.45, 7) is 8.61. The molecule has 54 heavy (non-hydrogen) atoms. The Morgan fingerprint density at radius 3 is 1.63 bits per heavy atom. The molecule has 0 bridgehead atoms. The van der Waals surface area contributed by atoms with E-state index in [4.69, 9.17) is 20.9 Å². The van der Waals surface area contributed by atoms with Crippen LogP contribution in [0.3, 0.4) is 0 Å². The molecule has 4 aromatic rings. The van der Waals surface area contributed by atoms with Crippen molar-refractivity contribution in [1.82, 2.24) is 24.8 Å². The zero-order valence-electron chi connectivity index (χ0n) is 31.2. The number of likely N-dealkylation sites (tertiary alicyclic amines) is 1. The lowest BCUT2D eigenvalue weighted by molar-refractivity contribution is 0.112. The molecule has 3 heterocycles. The Bertz CT molecular complexity index is 1960. The van der Waals surface area contributed by atoms with Crippen LogP contribution < -0.4 is 20.9 Å². The van der Waals surface area contributed by atoms with E-state index < -0.39 is 12.2 Å². The highest BCUT2D eigenvalue weighted by atomic mass is 16.5. The molecule has 0 amide bonds. The van der Waals surface area contributed by atoms with Crippen molar-refractivity contribution in [2.45, 2.75) is 84.0 Å². The number of nitrogens with zero attached hydrogens (tertiary/aromatic N) is 5. The molecule has 1 aliphatic heterocycles. The van der Waals surface area contributed by atoms with Crippen LogP contribution in [0.1, 0.15) is 114 Å². The van der Waals surface area contributed by atoms with Gasteiger partial charge in [-0.05, 0) is 68.3 Å². The smallest absolute Gasteiger partial charge is 0.318 e. The molecule has 0 radical (unpaired) electrons. The second-order valence-electron chi connectivity index (χ2n) is 13.9. The summed E-state index contributed by atoms with van der Waals surface area (Å²) in [4.78, 5) is 30.7. The van der Waals surface area contributed by atoms with E-state index in [1.165, 1.54) is 31.5 Å². The summed E-state index contributed by atoms with van der Waals surface area (Å²) in [7, 11) is 0.